The standard InChI is InChI=1S/C11H19N5/c1-2-4-13-11-14-5-3-10(15-11)16-8-6-12-7-9-16/h3,5,12H,2,4,6-9H2,1H3,(H,13,14,15). The van der Waals surface area contributed by atoms with Crippen LogP contribution in [-0.4, -0.2) is 42.7 Å². The molecule has 1 saturated heterocycles. The van der Waals surface area contributed by atoms with Crippen LogP contribution in [0.25, 0.3) is 0 Å². The lowest BCUT2D eigenvalue weighted by molar-refractivity contribution is 0.584. The van der Waals surface area contributed by atoms with Crippen LogP contribution in [0, 0.1) is 0 Å². The minimum Gasteiger partial charge on any atom is -0.354 e. The zero-order valence-electron chi connectivity index (χ0n) is 9.74. The number of nitrogens with zero attached hydrogens (tertiary/aromatic N) is 3. The molecule has 0 spiro atoms. The van der Waals surface area contributed by atoms with Crippen LogP contribution >= 0.6 is 0 Å². The second-order valence-electron chi connectivity index (χ2n) is 3.90. The van der Waals surface area contributed by atoms with Gasteiger partial charge >= 0.3 is 0 Å². The molecule has 5 nitrogen and oxygen atoms in total. The second kappa shape index (κ2) is 5.65. The Morgan fingerprint density at radius 3 is 3.00 bits per heavy atom. The highest BCUT2D eigenvalue weighted by molar-refractivity contribution is 5.42. The molecule has 2 rings (SSSR count). The van der Waals surface area contributed by atoms with E-state index in [1.54, 1.807) is 0 Å². The fourth-order valence-electron chi connectivity index (χ4n) is 1.74. The van der Waals surface area contributed by atoms with Crippen LogP contribution in [0.3, 0.4) is 0 Å². The summed E-state index contributed by atoms with van der Waals surface area (Å²) in [5.74, 6) is 1.76. The molecule has 0 atom stereocenters. The van der Waals surface area contributed by atoms with Gasteiger partial charge in [0.2, 0.25) is 5.95 Å². The lowest BCUT2D eigenvalue weighted by atomic mass is 10.3. The largest absolute Gasteiger partial charge is 0.354 e. The van der Waals surface area contributed by atoms with Gasteiger partial charge in [-0.25, -0.2) is 4.98 Å². The van der Waals surface area contributed by atoms with Crippen molar-refractivity contribution in [3.05, 3.63) is 12.3 Å². The van der Waals surface area contributed by atoms with E-state index in [4.69, 9.17) is 0 Å². The van der Waals surface area contributed by atoms with E-state index in [0.717, 1.165) is 50.9 Å². The fourth-order valence-corrected chi connectivity index (χ4v) is 1.74. The highest BCUT2D eigenvalue weighted by Crippen LogP contribution is 2.12. The van der Waals surface area contributed by atoms with Crippen LogP contribution in [0.4, 0.5) is 11.8 Å². The second-order valence-corrected chi connectivity index (χ2v) is 3.90. The van der Waals surface area contributed by atoms with Crippen molar-refractivity contribution in [3.8, 4) is 0 Å². The van der Waals surface area contributed by atoms with Crippen molar-refractivity contribution in [2.45, 2.75) is 13.3 Å². The maximum absolute atomic E-state index is 4.51. The summed E-state index contributed by atoms with van der Waals surface area (Å²) < 4.78 is 0. The van der Waals surface area contributed by atoms with E-state index < -0.39 is 0 Å². The molecule has 1 aliphatic heterocycles. The molecule has 0 bridgehead atoms. The van der Waals surface area contributed by atoms with E-state index >= 15 is 0 Å². The van der Waals surface area contributed by atoms with Gasteiger partial charge in [-0.15, -0.1) is 0 Å². The lowest BCUT2D eigenvalue weighted by Crippen LogP contribution is -2.43. The van der Waals surface area contributed by atoms with Crippen molar-refractivity contribution in [1.29, 1.82) is 0 Å². The molecule has 1 fully saturated rings. The summed E-state index contributed by atoms with van der Waals surface area (Å²) in [6.45, 7) is 7.15. The monoisotopic (exact) mass is 221 g/mol. The molecule has 1 aromatic rings. The summed E-state index contributed by atoms with van der Waals surface area (Å²) >= 11 is 0. The average Bonchev–Trinajstić information content (AvgIpc) is 2.38. The molecule has 88 valence electrons. The van der Waals surface area contributed by atoms with E-state index in [1.807, 2.05) is 12.3 Å². The van der Waals surface area contributed by atoms with Crippen molar-refractivity contribution in [2.24, 2.45) is 0 Å². The molecule has 0 saturated carbocycles. The minimum absolute atomic E-state index is 0.734. The molecule has 16 heavy (non-hydrogen) atoms. The van der Waals surface area contributed by atoms with Crippen molar-refractivity contribution in [1.82, 2.24) is 15.3 Å². The summed E-state index contributed by atoms with van der Waals surface area (Å²) in [5, 5.41) is 6.54. The normalized spacial score (nSPS) is 16.2. The highest BCUT2D eigenvalue weighted by Gasteiger charge is 2.11. The van der Waals surface area contributed by atoms with Crippen molar-refractivity contribution in [3.63, 3.8) is 0 Å². The molecule has 0 aliphatic carbocycles. The van der Waals surface area contributed by atoms with Gasteiger partial charge in [0.15, 0.2) is 0 Å². The van der Waals surface area contributed by atoms with Gasteiger partial charge < -0.3 is 15.5 Å². The van der Waals surface area contributed by atoms with Crippen LogP contribution in [0.15, 0.2) is 12.3 Å². The molecule has 2 N–H and O–H groups in total. The molecule has 1 aromatic heterocycles. The molecule has 5 heteroatoms. The number of hydrogen-bond donors (Lipinski definition) is 2. The fraction of sp³-hybridized carbons (Fsp3) is 0.636. The summed E-state index contributed by atoms with van der Waals surface area (Å²) in [6, 6.07) is 1.97. The molecule has 0 radical (unpaired) electrons. The first kappa shape index (κ1) is 11.1. The predicted octanol–water partition coefficient (Wildman–Crippen LogP) is 0.708. The van der Waals surface area contributed by atoms with Crippen LogP contribution in [0.5, 0.6) is 0 Å². The first-order chi connectivity index (χ1) is 7.90. The third-order valence-electron chi connectivity index (χ3n) is 2.61. The number of rotatable bonds is 4. The van der Waals surface area contributed by atoms with Crippen molar-refractivity contribution in [2.75, 3.05) is 42.9 Å². The van der Waals surface area contributed by atoms with Gasteiger partial charge in [0, 0.05) is 38.9 Å². The van der Waals surface area contributed by atoms with Gasteiger partial charge in [-0.2, -0.15) is 4.98 Å². The average molecular weight is 221 g/mol. The maximum atomic E-state index is 4.51. The van der Waals surface area contributed by atoms with Gasteiger partial charge in [-0.1, -0.05) is 6.92 Å². The Kier molecular flexibility index (Phi) is 3.93. The van der Waals surface area contributed by atoms with E-state index in [-0.39, 0.29) is 0 Å². The first-order valence-electron chi connectivity index (χ1n) is 5.92. The summed E-state index contributed by atoms with van der Waals surface area (Å²) in [5.41, 5.74) is 0. The van der Waals surface area contributed by atoms with Gasteiger partial charge in [0.05, 0.1) is 0 Å². The smallest absolute Gasteiger partial charge is 0.224 e. The van der Waals surface area contributed by atoms with Crippen LogP contribution in [0.2, 0.25) is 0 Å². The van der Waals surface area contributed by atoms with Crippen LogP contribution in [0.1, 0.15) is 13.3 Å². The Morgan fingerprint density at radius 2 is 2.25 bits per heavy atom. The van der Waals surface area contributed by atoms with E-state index in [9.17, 15) is 0 Å². The Hall–Kier alpha value is -1.36. The highest BCUT2D eigenvalue weighted by atomic mass is 15.3. The van der Waals surface area contributed by atoms with E-state index in [2.05, 4.69) is 32.4 Å². The number of hydrogen-bond acceptors (Lipinski definition) is 5. The third-order valence-corrected chi connectivity index (χ3v) is 2.61. The Morgan fingerprint density at radius 1 is 1.44 bits per heavy atom. The number of nitrogens with one attached hydrogen (secondary N) is 2. The van der Waals surface area contributed by atoms with Gasteiger partial charge in [0.25, 0.3) is 0 Å². The summed E-state index contributed by atoms with van der Waals surface area (Å²) in [6.07, 6.45) is 2.91. The minimum atomic E-state index is 0.734. The zero-order valence-corrected chi connectivity index (χ0v) is 9.74. The summed E-state index contributed by atoms with van der Waals surface area (Å²) in [7, 11) is 0. The SMILES string of the molecule is CCCNc1nccc(N2CCNCC2)n1. The van der Waals surface area contributed by atoms with Crippen LogP contribution < -0.4 is 15.5 Å². The number of piperazine rings is 1. The summed E-state index contributed by atoms with van der Waals surface area (Å²) in [4.78, 5) is 11.0. The van der Waals surface area contributed by atoms with Crippen molar-refractivity contribution < 1.29 is 0 Å². The third kappa shape index (κ3) is 2.82. The Labute approximate surface area is 96.3 Å². The predicted molar refractivity (Wildman–Crippen MR) is 65.9 cm³/mol. The lowest BCUT2D eigenvalue weighted by Gasteiger charge is -2.28. The van der Waals surface area contributed by atoms with Gasteiger partial charge in [-0.05, 0) is 12.5 Å². The first-order valence-corrected chi connectivity index (χ1v) is 5.92. The van der Waals surface area contributed by atoms with E-state index in [0.29, 0.717) is 0 Å². The maximum Gasteiger partial charge on any atom is 0.224 e. The topological polar surface area (TPSA) is 53.1 Å². The van der Waals surface area contributed by atoms with E-state index in [1.165, 1.54) is 0 Å². The molecular weight excluding hydrogens is 202 g/mol. The zero-order chi connectivity index (χ0) is 11.2. The van der Waals surface area contributed by atoms with Gasteiger partial charge in [0.1, 0.15) is 5.82 Å². The Balaban J connectivity index is 2.02. The Bertz CT molecular complexity index is 322. The molecule has 0 unspecified atom stereocenters. The molecule has 0 aromatic carbocycles. The number of aromatic nitrogens is 2. The number of anilines is 2. The quantitative estimate of drug-likeness (QED) is 0.784. The van der Waals surface area contributed by atoms with Crippen LogP contribution in [-0.2, 0) is 0 Å². The van der Waals surface area contributed by atoms with Crippen molar-refractivity contribution >= 4 is 11.8 Å². The molecule has 0 amide bonds. The molecule has 1 aliphatic rings. The molecular formula is C11H19N5. The van der Waals surface area contributed by atoms with Gasteiger partial charge in [-0.3, -0.25) is 0 Å². The molecule has 2 heterocycles.